The van der Waals surface area contributed by atoms with Gasteiger partial charge in [0.1, 0.15) is 0 Å². The summed E-state index contributed by atoms with van der Waals surface area (Å²) in [4.78, 5) is 32.2. The maximum absolute atomic E-state index is 11.4. The van der Waals surface area contributed by atoms with Crippen LogP contribution in [0.25, 0.3) is 0 Å². The number of hydrogen-bond acceptors (Lipinski definition) is 4. The van der Waals surface area contributed by atoms with Crippen molar-refractivity contribution in [3.8, 4) is 0 Å². The summed E-state index contributed by atoms with van der Waals surface area (Å²) in [6.07, 6.45) is 1.66. The quantitative estimate of drug-likeness (QED) is 0.542. The van der Waals surface area contributed by atoms with Gasteiger partial charge in [-0.1, -0.05) is 6.92 Å². The molecular formula is C9H10N2O4. The summed E-state index contributed by atoms with van der Waals surface area (Å²) in [7, 11) is 0. The average Bonchev–Trinajstić information content (AvgIpc) is 2.20. The second-order valence-electron chi connectivity index (χ2n) is 2.98. The van der Waals surface area contributed by atoms with Gasteiger partial charge < -0.3 is 4.57 Å². The highest BCUT2D eigenvalue weighted by Gasteiger charge is 2.14. The maximum atomic E-state index is 11.4. The molecule has 1 aromatic heterocycles. The van der Waals surface area contributed by atoms with Gasteiger partial charge >= 0.3 is 11.2 Å². The Balaban J connectivity index is 3.11. The van der Waals surface area contributed by atoms with Gasteiger partial charge in [0.2, 0.25) is 0 Å². The SMILES string of the molecule is CCC(=O)Cn1cccc([N+](=O)[O-])c1=O. The van der Waals surface area contributed by atoms with Crippen molar-refractivity contribution in [3.05, 3.63) is 38.8 Å². The Morgan fingerprint density at radius 1 is 1.60 bits per heavy atom. The van der Waals surface area contributed by atoms with Crippen LogP contribution in [0.3, 0.4) is 0 Å². The largest absolute Gasteiger partial charge is 0.334 e. The van der Waals surface area contributed by atoms with Crippen LogP contribution in [0.2, 0.25) is 0 Å². The van der Waals surface area contributed by atoms with Crippen molar-refractivity contribution in [1.82, 2.24) is 4.57 Å². The zero-order valence-corrected chi connectivity index (χ0v) is 8.17. The molecule has 0 saturated carbocycles. The summed E-state index contributed by atoms with van der Waals surface area (Å²) < 4.78 is 1.05. The van der Waals surface area contributed by atoms with E-state index in [0.717, 1.165) is 10.6 Å². The van der Waals surface area contributed by atoms with Gasteiger partial charge in [-0.05, 0) is 6.07 Å². The maximum Gasteiger partial charge on any atom is 0.334 e. The minimum atomic E-state index is -0.755. The number of carbonyl (C=O) groups is 1. The van der Waals surface area contributed by atoms with Gasteiger partial charge in [0, 0.05) is 18.7 Å². The first-order valence-electron chi connectivity index (χ1n) is 4.41. The van der Waals surface area contributed by atoms with Gasteiger partial charge in [0.05, 0.1) is 11.5 Å². The number of nitro groups is 1. The van der Waals surface area contributed by atoms with Gasteiger partial charge in [-0.25, -0.2) is 0 Å². The molecule has 0 saturated heterocycles. The molecule has 0 spiro atoms. The third kappa shape index (κ3) is 2.49. The number of carbonyl (C=O) groups excluding carboxylic acids is 1. The smallest absolute Gasteiger partial charge is 0.302 e. The first-order valence-corrected chi connectivity index (χ1v) is 4.41. The van der Waals surface area contributed by atoms with E-state index in [4.69, 9.17) is 0 Å². The molecule has 0 aromatic carbocycles. The number of ketones is 1. The Hall–Kier alpha value is -1.98. The zero-order valence-electron chi connectivity index (χ0n) is 8.17. The average molecular weight is 210 g/mol. The van der Waals surface area contributed by atoms with Crippen LogP contribution in [0.1, 0.15) is 13.3 Å². The highest BCUT2D eigenvalue weighted by Crippen LogP contribution is 2.01. The van der Waals surface area contributed by atoms with Crippen molar-refractivity contribution >= 4 is 11.5 Å². The number of rotatable bonds is 4. The van der Waals surface area contributed by atoms with Gasteiger partial charge in [0.25, 0.3) is 0 Å². The van der Waals surface area contributed by atoms with Crippen LogP contribution in [0, 0.1) is 10.1 Å². The van der Waals surface area contributed by atoms with E-state index in [0.29, 0.717) is 6.42 Å². The van der Waals surface area contributed by atoms with Crippen molar-refractivity contribution in [2.45, 2.75) is 19.9 Å². The second kappa shape index (κ2) is 4.50. The monoisotopic (exact) mass is 210 g/mol. The molecule has 0 aliphatic carbocycles. The zero-order chi connectivity index (χ0) is 11.4. The van der Waals surface area contributed by atoms with Crippen LogP contribution in [0.4, 0.5) is 5.69 Å². The van der Waals surface area contributed by atoms with E-state index in [1.54, 1.807) is 6.92 Å². The van der Waals surface area contributed by atoms with E-state index >= 15 is 0 Å². The fraction of sp³-hybridized carbons (Fsp3) is 0.333. The summed E-state index contributed by atoms with van der Waals surface area (Å²) in [5, 5.41) is 10.4. The van der Waals surface area contributed by atoms with Gasteiger partial charge in [-0.15, -0.1) is 0 Å². The molecule has 0 bridgehead atoms. The van der Waals surface area contributed by atoms with Gasteiger partial charge in [-0.3, -0.25) is 19.7 Å². The van der Waals surface area contributed by atoms with Crippen LogP contribution in [-0.4, -0.2) is 15.3 Å². The molecule has 0 radical (unpaired) electrons. The molecule has 15 heavy (non-hydrogen) atoms. The standard InChI is InChI=1S/C9H10N2O4/c1-2-7(12)6-10-5-3-4-8(9(10)13)11(14)15/h3-5H,2,6H2,1H3. The van der Waals surface area contributed by atoms with Gasteiger partial charge in [0.15, 0.2) is 5.78 Å². The predicted molar refractivity (Wildman–Crippen MR) is 52.7 cm³/mol. The Bertz CT molecular complexity index is 450. The molecule has 0 fully saturated rings. The Labute approximate surface area is 85.3 Å². The highest BCUT2D eigenvalue weighted by molar-refractivity contribution is 5.77. The first-order chi connectivity index (χ1) is 7.06. The minimum absolute atomic E-state index is 0.114. The molecule has 1 heterocycles. The fourth-order valence-corrected chi connectivity index (χ4v) is 1.09. The molecule has 1 aromatic rings. The van der Waals surface area contributed by atoms with Crippen LogP contribution >= 0.6 is 0 Å². The number of pyridine rings is 1. The van der Waals surface area contributed by atoms with Crippen molar-refractivity contribution in [3.63, 3.8) is 0 Å². The lowest BCUT2D eigenvalue weighted by atomic mass is 10.3. The molecule has 0 unspecified atom stereocenters. The lowest BCUT2D eigenvalue weighted by Gasteiger charge is -2.02. The summed E-state index contributed by atoms with van der Waals surface area (Å²) in [6.45, 7) is 1.56. The molecule has 0 N–H and O–H groups in total. The molecule has 0 atom stereocenters. The second-order valence-corrected chi connectivity index (χ2v) is 2.98. The lowest BCUT2D eigenvalue weighted by molar-refractivity contribution is -0.386. The van der Waals surface area contributed by atoms with Crippen LogP contribution < -0.4 is 5.56 Å². The number of aromatic nitrogens is 1. The minimum Gasteiger partial charge on any atom is -0.302 e. The third-order valence-electron chi connectivity index (χ3n) is 1.94. The molecule has 6 heteroatoms. The van der Waals surface area contributed by atoms with E-state index in [-0.39, 0.29) is 12.3 Å². The van der Waals surface area contributed by atoms with E-state index < -0.39 is 16.2 Å². The molecule has 0 aliphatic rings. The van der Waals surface area contributed by atoms with Crippen molar-refractivity contribution in [2.75, 3.05) is 0 Å². The molecule has 0 aliphatic heterocycles. The van der Waals surface area contributed by atoms with E-state index in [1.807, 2.05) is 0 Å². The molecule has 1 rings (SSSR count). The Morgan fingerprint density at radius 2 is 2.27 bits per heavy atom. The summed E-state index contributed by atoms with van der Waals surface area (Å²) in [5.41, 5.74) is -1.26. The number of Topliss-reactive ketones (excluding diaryl/α,β-unsaturated/α-hetero) is 1. The Kier molecular flexibility index (Phi) is 3.33. The summed E-state index contributed by atoms with van der Waals surface area (Å²) in [6, 6.07) is 2.50. The summed E-state index contributed by atoms with van der Waals surface area (Å²) >= 11 is 0. The molecule has 0 amide bonds. The highest BCUT2D eigenvalue weighted by atomic mass is 16.6. The molecular weight excluding hydrogens is 200 g/mol. The summed E-state index contributed by atoms with van der Waals surface area (Å²) in [5.74, 6) is -0.141. The van der Waals surface area contributed by atoms with Crippen molar-refractivity contribution < 1.29 is 9.72 Å². The number of hydrogen-bond donors (Lipinski definition) is 0. The van der Waals surface area contributed by atoms with Crippen molar-refractivity contribution in [1.29, 1.82) is 0 Å². The van der Waals surface area contributed by atoms with E-state index in [1.165, 1.54) is 12.3 Å². The molecule has 80 valence electrons. The fourth-order valence-electron chi connectivity index (χ4n) is 1.09. The van der Waals surface area contributed by atoms with Gasteiger partial charge in [-0.2, -0.15) is 0 Å². The molecule has 6 nitrogen and oxygen atoms in total. The Morgan fingerprint density at radius 3 is 2.80 bits per heavy atom. The van der Waals surface area contributed by atoms with Crippen LogP contribution in [-0.2, 0) is 11.3 Å². The topological polar surface area (TPSA) is 82.2 Å². The number of nitrogens with zero attached hydrogens (tertiary/aromatic N) is 2. The third-order valence-corrected chi connectivity index (χ3v) is 1.94. The van der Waals surface area contributed by atoms with E-state index in [2.05, 4.69) is 0 Å². The normalized spacial score (nSPS) is 9.93. The van der Waals surface area contributed by atoms with Crippen molar-refractivity contribution in [2.24, 2.45) is 0 Å². The van der Waals surface area contributed by atoms with E-state index in [9.17, 15) is 19.7 Å². The lowest BCUT2D eigenvalue weighted by Crippen LogP contribution is -2.24. The van der Waals surface area contributed by atoms with Crippen LogP contribution in [0.15, 0.2) is 23.1 Å². The predicted octanol–water partition coefficient (Wildman–Crippen LogP) is 0.736. The first kappa shape index (κ1) is 11.1. The van der Waals surface area contributed by atoms with Crippen LogP contribution in [0.5, 0.6) is 0 Å².